The van der Waals surface area contributed by atoms with Crippen LogP contribution in [0.5, 0.6) is 0 Å². The summed E-state index contributed by atoms with van der Waals surface area (Å²) in [7, 11) is 0. The number of carbonyl (C=O) groups is 1. The molecule has 0 radical (unpaired) electrons. The molecule has 2 atom stereocenters. The van der Waals surface area contributed by atoms with Crippen LogP contribution in [0.4, 0.5) is 0 Å². The predicted molar refractivity (Wildman–Crippen MR) is 84.6 cm³/mol. The van der Waals surface area contributed by atoms with Crippen molar-refractivity contribution in [2.75, 3.05) is 19.8 Å². The van der Waals surface area contributed by atoms with Gasteiger partial charge in [0, 0.05) is 31.6 Å². The highest BCUT2D eigenvalue weighted by atomic mass is 35.5. The van der Waals surface area contributed by atoms with Crippen molar-refractivity contribution in [3.05, 3.63) is 35.4 Å². The van der Waals surface area contributed by atoms with E-state index >= 15 is 0 Å². The van der Waals surface area contributed by atoms with Gasteiger partial charge in [-0.1, -0.05) is 24.3 Å². The number of ether oxygens (including phenoxy) is 1. The largest absolute Gasteiger partial charge is 0.378 e. The van der Waals surface area contributed by atoms with Gasteiger partial charge in [0.25, 0.3) is 0 Å². The number of benzene rings is 1. The molecule has 0 aliphatic carbocycles. The summed E-state index contributed by atoms with van der Waals surface area (Å²) in [5.41, 5.74) is 2.66. The van der Waals surface area contributed by atoms with Crippen molar-refractivity contribution >= 4 is 18.3 Å². The van der Waals surface area contributed by atoms with Crippen LogP contribution in [0, 0.1) is 0 Å². The van der Waals surface area contributed by atoms with E-state index in [1.54, 1.807) is 0 Å². The van der Waals surface area contributed by atoms with Crippen LogP contribution in [0.3, 0.4) is 0 Å². The fourth-order valence-corrected chi connectivity index (χ4v) is 3.09. The molecule has 1 aromatic carbocycles. The van der Waals surface area contributed by atoms with Crippen molar-refractivity contribution in [1.82, 2.24) is 10.2 Å². The first-order valence-corrected chi connectivity index (χ1v) is 7.41. The maximum atomic E-state index is 12.5. The van der Waals surface area contributed by atoms with Gasteiger partial charge in [-0.15, -0.1) is 12.4 Å². The molecule has 21 heavy (non-hydrogen) atoms. The highest BCUT2D eigenvalue weighted by molar-refractivity contribution is 5.85. The summed E-state index contributed by atoms with van der Waals surface area (Å²) in [4.78, 5) is 14.5. The van der Waals surface area contributed by atoms with Crippen LogP contribution in [0.1, 0.15) is 24.5 Å². The second-order valence-electron chi connectivity index (χ2n) is 5.77. The van der Waals surface area contributed by atoms with Gasteiger partial charge < -0.3 is 15.0 Å². The standard InChI is InChI=1S/C16H22N2O2.ClH/c1-12-8-13-4-2-3-5-14(13)10-18(12)16(19)9-15-11-20-7-6-17-15;/h2-5,12,15,17H,6-11H2,1H3;1H. The lowest BCUT2D eigenvalue weighted by Gasteiger charge is -2.36. The molecule has 2 unspecified atom stereocenters. The molecule has 3 rings (SSSR count). The monoisotopic (exact) mass is 310 g/mol. The molecule has 1 aromatic rings. The molecule has 2 heterocycles. The first kappa shape index (κ1) is 16.3. The normalized spacial score (nSPS) is 24.9. The molecular formula is C16H23ClN2O2. The minimum Gasteiger partial charge on any atom is -0.378 e. The summed E-state index contributed by atoms with van der Waals surface area (Å²) < 4.78 is 5.42. The van der Waals surface area contributed by atoms with E-state index in [0.29, 0.717) is 13.0 Å². The maximum Gasteiger partial charge on any atom is 0.224 e. The van der Waals surface area contributed by atoms with E-state index in [4.69, 9.17) is 4.74 Å². The van der Waals surface area contributed by atoms with Crippen LogP contribution < -0.4 is 5.32 Å². The topological polar surface area (TPSA) is 41.6 Å². The van der Waals surface area contributed by atoms with Crippen LogP contribution >= 0.6 is 12.4 Å². The maximum absolute atomic E-state index is 12.5. The molecule has 1 amide bonds. The van der Waals surface area contributed by atoms with Gasteiger partial charge in [0.1, 0.15) is 0 Å². The Labute approximate surface area is 132 Å². The summed E-state index contributed by atoms with van der Waals surface area (Å²) in [5.74, 6) is 0.231. The van der Waals surface area contributed by atoms with Gasteiger partial charge in [0.15, 0.2) is 0 Å². The number of hydrogen-bond donors (Lipinski definition) is 1. The molecule has 116 valence electrons. The Morgan fingerprint density at radius 2 is 2.14 bits per heavy atom. The van der Waals surface area contributed by atoms with E-state index in [0.717, 1.165) is 26.1 Å². The van der Waals surface area contributed by atoms with Crippen LogP contribution in [0.15, 0.2) is 24.3 Å². The Kier molecular flexibility index (Phi) is 5.62. The summed E-state index contributed by atoms with van der Waals surface area (Å²) in [5, 5.41) is 3.35. The highest BCUT2D eigenvalue weighted by Gasteiger charge is 2.28. The van der Waals surface area contributed by atoms with Crippen LogP contribution in [0.25, 0.3) is 0 Å². The van der Waals surface area contributed by atoms with Crippen LogP contribution in [-0.4, -0.2) is 42.6 Å². The predicted octanol–water partition coefficient (Wildman–Crippen LogP) is 1.76. The van der Waals surface area contributed by atoms with Gasteiger partial charge in [-0.2, -0.15) is 0 Å². The first-order chi connectivity index (χ1) is 9.74. The van der Waals surface area contributed by atoms with Gasteiger partial charge in [0.2, 0.25) is 5.91 Å². The molecular weight excluding hydrogens is 288 g/mol. The average Bonchev–Trinajstić information content (AvgIpc) is 2.47. The molecule has 2 aliphatic rings. The van der Waals surface area contributed by atoms with Crippen molar-refractivity contribution in [1.29, 1.82) is 0 Å². The van der Waals surface area contributed by atoms with E-state index in [9.17, 15) is 4.79 Å². The summed E-state index contributed by atoms with van der Waals surface area (Å²) >= 11 is 0. The Balaban J connectivity index is 0.00000161. The SMILES string of the molecule is CC1Cc2ccccc2CN1C(=O)CC1COCCN1.Cl. The summed E-state index contributed by atoms with van der Waals surface area (Å²) in [6, 6.07) is 8.87. The second-order valence-corrected chi connectivity index (χ2v) is 5.77. The third kappa shape index (κ3) is 3.76. The molecule has 0 bridgehead atoms. The average molecular weight is 311 g/mol. The van der Waals surface area contributed by atoms with Gasteiger partial charge in [-0.3, -0.25) is 4.79 Å². The molecule has 0 aromatic heterocycles. The van der Waals surface area contributed by atoms with E-state index in [-0.39, 0.29) is 30.4 Å². The van der Waals surface area contributed by atoms with E-state index in [2.05, 4.69) is 30.4 Å². The Hall–Kier alpha value is -1.10. The lowest BCUT2D eigenvalue weighted by Crippen LogP contribution is -2.48. The smallest absolute Gasteiger partial charge is 0.224 e. The van der Waals surface area contributed by atoms with Crippen molar-refractivity contribution < 1.29 is 9.53 Å². The van der Waals surface area contributed by atoms with Gasteiger partial charge in [-0.05, 0) is 24.5 Å². The number of nitrogens with zero attached hydrogens (tertiary/aromatic N) is 1. The third-order valence-corrected chi connectivity index (χ3v) is 4.25. The van der Waals surface area contributed by atoms with Crippen molar-refractivity contribution in [3.63, 3.8) is 0 Å². The van der Waals surface area contributed by atoms with E-state index in [1.165, 1.54) is 11.1 Å². The lowest BCUT2D eigenvalue weighted by atomic mass is 9.94. The first-order valence-electron chi connectivity index (χ1n) is 7.41. The van der Waals surface area contributed by atoms with Crippen molar-refractivity contribution in [3.8, 4) is 0 Å². The zero-order chi connectivity index (χ0) is 13.9. The third-order valence-electron chi connectivity index (χ3n) is 4.25. The number of amides is 1. The summed E-state index contributed by atoms with van der Waals surface area (Å²) in [6.45, 7) is 5.11. The number of fused-ring (bicyclic) bond motifs is 1. The minimum atomic E-state index is 0. The van der Waals surface area contributed by atoms with Crippen LogP contribution in [-0.2, 0) is 22.5 Å². The number of carbonyl (C=O) groups excluding carboxylic acids is 1. The lowest BCUT2D eigenvalue weighted by molar-refractivity contribution is -0.135. The van der Waals surface area contributed by atoms with Gasteiger partial charge in [0.05, 0.1) is 13.2 Å². The van der Waals surface area contributed by atoms with E-state index < -0.39 is 0 Å². The molecule has 2 aliphatic heterocycles. The van der Waals surface area contributed by atoms with Crippen LogP contribution in [0.2, 0.25) is 0 Å². The molecule has 0 spiro atoms. The highest BCUT2D eigenvalue weighted by Crippen LogP contribution is 2.23. The number of hydrogen-bond acceptors (Lipinski definition) is 3. The van der Waals surface area contributed by atoms with Crippen molar-refractivity contribution in [2.24, 2.45) is 0 Å². The van der Waals surface area contributed by atoms with Gasteiger partial charge in [-0.25, -0.2) is 0 Å². The Morgan fingerprint density at radius 3 is 2.86 bits per heavy atom. The summed E-state index contributed by atoms with van der Waals surface area (Å²) in [6.07, 6.45) is 1.49. The second kappa shape index (κ2) is 7.25. The fourth-order valence-electron chi connectivity index (χ4n) is 3.09. The molecule has 1 N–H and O–H groups in total. The molecule has 5 heteroatoms. The Morgan fingerprint density at radius 1 is 1.38 bits per heavy atom. The zero-order valence-electron chi connectivity index (χ0n) is 12.4. The molecule has 0 saturated carbocycles. The number of rotatable bonds is 2. The molecule has 1 fully saturated rings. The quantitative estimate of drug-likeness (QED) is 0.905. The van der Waals surface area contributed by atoms with Gasteiger partial charge >= 0.3 is 0 Å². The number of nitrogens with one attached hydrogen (secondary N) is 1. The number of halogens is 1. The Bertz CT molecular complexity index is 489. The van der Waals surface area contributed by atoms with E-state index in [1.807, 2.05) is 11.0 Å². The molecule has 4 nitrogen and oxygen atoms in total. The minimum absolute atomic E-state index is 0. The van der Waals surface area contributed by atoms with Crippen molar-refractivity contribution in [2.45, 2.75) is 38.4 Å². The zero-order valence-corrected chi connectivity index (χ0v) is 13.2. The number of morpholine rings is 1. The molecule has 1 saturated heterocycles. The fraction of sp³-hybridized carbons (Fsp3) is 0.562.